The minimum Gasteiger partial charge on any atom is -0.491 e. The molecule has 5 heteroatoms. The second-order valence-corrected chi connectivity index (χ2v) is 7.75. The largest absolute Gasteiger partial charge is 0.491 e. The minimum absolute atomic E-state index is 0.338. The Morgan fingerprint density at radius 2 is 2.14 bits per heavy atom. The van der Waals surface area contributed by atoms with Crippen molar-refractivity contribution in [2.45, 2.75) is 24.7 Å². The first-order valence-electron chi connectivity index (χ1n) is 7.57. The maximum atomic E-state index is 9.94. The van der Waals surface area contributed by atoms with E-state index in [2.05, 4.69) is 24.4 Å². The Labute approximate surface area is 136 Å². The summed E-state index contributed by atoms with van der Waals surface area (Å²) in [4.78, 5) is 0. The highest BCUT2D eigenvalue weighted by Crippen LogP contribution is 2.23. The lowest BCUT2D eigenvalue weighted by Gasteiger charge is -2.22. The van der Waals surface area contributed by atoms with Crippen LogP contribution in [0.25, 0.3) is 0 Å². The van der Waals surface area contributed by atoms with Crippen LogP contribution < -0.4 is 10.1 Å². The third kappa shape index (κ3) is 6.51. The van der Waals surface area contributed by atoms with Gasteiger partial charge in [-0.25, -0.2) is 0 Å². The smallest absolute Gasteiger partial charge is 0.119 e. The van der Waals surface area contributed by atoms with Gasteiger partial charge in [-0.15, -0.1) is 0 Å². The summed E-state index contributed by atoms with van der Waals surface area (Å²) >= 11 is 4.06. The second kappa shape index (κ2) is 9.62. The summed E-state index contributed by atoms with van der Waals surface area (Å²) in [6, 6.07) is 8.07. The molecule has 2 unspecified atom stereocenters. The van der Waals surface area contributed by atoms with Crippen molar-refractivity contribution >= 4 is 23.5 Å². The van der Waals surface area contributed by atoms with Gasteiger partial charge in [-0.1, -0.05) is 19.1 Å². The summed E-state index contributed by atoms with van der Waals surface area (Å²) in [6.45, 7) is 4.04. The second-order valence-electron chi connectivity index (χ2n) is 5.19. The first-order chi connectivity index (χ1) is 10.3. The molecule has 0 radical (unpaired) electrons. The van der Waals surface area contributed by atoms with Gasteiger partial charge >= 0.3 is 0 Å². The Hall–Kier alpha value is -0.360. The predicted octanol–water partition coefficient (Wildman–Crippen LogP) is 2.43. The number of rotatable bonds is 8. The molecule has 1 fully saturated rings. The van der Waals surface area contributed by atoms with Crippen LogP contribution in [0, 0.1) is 0 Å². The molecule has 1 aliphatic rings. The lowest BCUT2D eigenvalue weighted by atomic mass is 10.2. The van der Waals surface area contributed by atoms with Crippen LogP contribution in [0.15, 0.2) is 24.3 Å². The summed E-state index contributed by atoms with van der Waals surface area (Å²) in [5, 5.41) is 14.0. The first kappa shape index (κ1) is 17.0. The summed E-state index contributed by atoms with van der Waals surface area (Å²) < 4.78 is 5.61. The fraction of sp³-hybridized carbons (Fsp3) is 0.625. The molecular formula is C16H25NO2S2. The highest BCUT2D eigenvalue weighted by Gasteiger charge is 2.14. The van der Waals surface area contributed by atoms with E-state index in [9.17, 15) is 5.11 Å². The van der Waals surface area contributed by atoms with Crippen molar-refractivity contribution < 1.29 is 9.84 Å². The zero-order valence-electron chi connectivity index (χ0n) is 12.6. The SMILES string of the molecule is CCc1ccc(OCC(O)CNCC2CSCCS2)cc1. The summed E-state index contributed by atoms with van der Waals surface area (Å²) in [5.74, 6) is 4.56. The van der Waals surface area contributed by atoms with E-state index in [0.29, 0.717) is 18.4 Å². The highest BCUT2D eigenvalue weighted by molar-refractivity contribution is 8.06. The number of ether oxygens (including phenoxy) is 1. The standard InChI is InChI=1S/C16H25NO2S2/c1-2-13-3-5-15(6-4-13)19-11-14(18)9-17-10-16-12-20-7-8-21-16/h3-6,14,16-18H,2,7-12H2,1H3. The zero-order valence-corrected chi connectivity index (χ0v) is 14.2. The van der Waals surface area contributed by atoms with Gasteiger partial charge in [0.1, 0.15) is 18.5 Å². The van der Waals surface area contributed by atoms with Crippen molar-refractivity contribution in [2.75, 3.05) is 37.0 Å². The van der Waals surface area contributed by atoms with Gasteiger partial charge in [-0.3, -0.25) is 0 Å². The minimum atomic E-state index is -0.461. The van der Waals surface area contributed by atoms with Crippen LogP contribution in [0.2, 0.25) is 0 Å². The predicted molar refractivity (Wildman–Crippen MR) is 93.8 cm³/mol. The van der Waals surface area contributed by atoms with Gasteiger partial charge in [-0.05, 0) is 24.1 Å². The molecule has 3 nitrogen and oxygen atoms in total. The number of nitrogens with one attached hydrogen (secondary N) is 1. The molecule has 1 aromatic carbocycles. The molecule has 0 bridgehead atoms. The van der Waals surface area contributed by atoms with Crippen molar-refractivity contribution in [2.24, 2.45) is 0 Å². The Balaban J connectivity index is 1.59. The average molecular weight is 328 g/mol. The molecule has 21 heavy (non-hydrogen) atoms. The van der Waals surface area contributed by atoms with Crippen LogP contribution in [-0.2, 0) is 6.42 Å². The van der Waals surface area contributed by atoms with E-state index < -0.39 is 6.10 Å². The Kier molecular flexibility index (Phi) is 7.78. The number of benzene rings is 1. The number of aliphatic hydroxyl groups excluding tert-OH is 1. The number of thioether (sulfide) groups is 2. The van der Waals surface area contributed by atoms with Gasteiger partial charge < -0.3 is 15.2 Å². The molecular weight excluding hydrogens is 302 g/mol. The van der Waals surface area contributed by atoms with Gasteiger partial charge in [-0.2, -0.15) is 23.5 Å². The highest BCUT2D eigenvalue weighted by atomic mass is 32.2. The molecule has 118 valence electrons. The maximum Gasteiger partial charge on any atom is 0.119 e. The Morgan fingerprint density at radius 1 is 1.33 bits per heavy atom. The molecule has 0 saturated carbocycles. The topological polar surface area (TPSA) is 41.5 Å². The van der Waals surface area contributed by atoms with E-state index in [1.807, 2.05) is 35.7 Å². The van der Waals surface area contributed by atoms with Crippen molar-refractivity contribution in [3.63, 3.8) is 0 Å². The van der Waals surface area contributed by atoms with E-state index in [0.717, 1.165) is 18.7 Å². The van der Waals surface area contributed by atoms with Crippen molar-refractivity contribution in [3.05, 3.63) is 29.8 Å². The fourth-order valence-corrected chi connectivity index (χ4v) is 4.78. The Morgan fingerprint density at radius 3 is 2.81 bits per heavy atom. The zero-order chi connectivity index (χ0) is 14.9. The lowest BCUT2D eigenvalue weighted by molar-refractivity contribution is 0.106. The van der Waals surface area contributed by atoms with Crippen LogP contribution in [-0.4, -0.2) is 53.4 Å². The van der Waals surface area contributed by atoms with Crippen molar-refractivity contribution in [1.82, 2.24) is 5.32 Å². The third-order valence-electron chi connectivity index (χ3n) is 3.41. The number of aryl methyl sites for hydroxylation is 1. The van der Waals surface area contributed by atoms with Crippen molar-refractivity contribution in [3.8, 4) is 5.75 Å². The van der Waals surface area contributed by atoms with E-state index in [4.69, 9.17) is 4.74 Å². The van der Waals surface area contributed by atoms with Gasteiger partial charge in [0.05, 0.1) is 0 Å². The quantitative estimate of drug-likeness (QED) is 0.767. The van der Waals surface area contributed by atoms with Crippen LogP contribution in [0.1, 0.15) is 12.5 Å². The summed E-state index contributed by atoms with van der Waals surface area (Å²) in [5.41, 5.74) is 1.30. The molecule has 0 amide bonds. The Bertz CT molecular complexity index is 394. The molecule has 1 aromatic rings. The molecule has 1 saturated heterocycles. The normalized spacial score (nSPS) is 20.2. The maximum absolute atomic E-state index is 9.94. The molecule has 1 aliphatic heterocycles. The molecule has 0 aliphatic carbocycles. The van der Waals surface area contributed by atoms with E-state index in [1.165, 1.54) is 22.8 Å². The van der Waals surface area contributed by atoms with Gasteiger partial charge in [0.2, 0.25) is 0 Å². The molecule has 2 N–H and O–H groups in total. The van der Waals surface area contributed by atoms with E-state index >= 15 is 0 Å². The fourth-order valence-electron chi connectivity index (χ4n) is 2.14. The summed E-state index contributed by atoms with van der Waals surface area (Å²) in [7, 11) is 0. The first-order valence-corrected chi connectivity index (χ1v) is 9.78. The van der Waals surface area contributed by atoms with Crippen LogP contribution in [0.3, 0.4) is 0 Å². The van der Waals surface area contributed by atoms with Crippen LogP contribution in [0.4, 0.5) is 0 Å². The summed E-state index contributed by atoms with van der Waals surface area (Å²) in [6.07, 6.45) is 0.571. The van der Waals surface area contributed by atoms with Crippen molar-refractivity contribution in [1.29, 1.82) is 0 Å². The van der Waals surface area contributed by atoms with Gasteiger partial charge in [0.15, 0.2) is 0 Å². The molecule has 0 aromatic heterocycles. The molecule has 1 heterocycles. The number of hydrogen-bond donors (Lipinski definition) is 2. The van der Waals surface area contributed by atoms with E-state index in [1.54, 1.807) is 0 Å². The average Bonchev–Trinajstić information content (AvgIpc) is 2.54. The van der Waals surface area contributed by atoms with E-state index in [-0.39, 0.29) is 0 Å². The molecule has 0 spiro atoms. The number of aliphatic hydroxyl groups is 1. The molecule has 2 rings (SSSR count). The third-order valence-corrected chi connectivity index (χ3v) is 6.26. The molecule has 2 atom stereocenters. The van der Waals surface area contributed by atoms with Crippen LogP contribution >= 0.6 is 23.5 Å². The van der Waals surface area contributed by atoms with Gasteiger partial charge in [0, 0.05) is 35.6 Å². The monoisotopic (exact) mass is 327 g/mol. The number of hydrogen-bond acceptors (Lipinski definition) is 5. The van der Waals surface area contributed by atoms with Gasteiger partial charge in [0.25, 0.3) is 0 Å². The van der Waals surface area contributed by atoms with Crippen LogP contribution in [0.5, 0.6) is 5.75 Å². The lowest BCUT2D eigenvalue weighted by Crippen LogP contribution is -2.36.